The van der Waals surface area contributed by atoms with Crippen LogP contribution in [-0.2, 0) is 0 Å². The van der Waals surface area contributed by atoms with E-state index in [1.807, 2.05) is 55.5 Å². The zero-order chi connectivity index (χ0) is 16.5. The van der Waals surface area contributed by atoms with E-state index in [2.05, 4.69) is 41.4 Å². The smallest absolute Gasteiger partial charge is 0.247 e. The van der Waals surface area contributed by atoms with Crippen molar-refractivity contribution >= 4 is 38.6 Å². The Balaban J connectivity index is 1.89. The van der Waals surface area contributed by atoms with Crippen LogP contribution in [0.4, 0.5) is 11.8 Å². The van der Waals surface area contributed by atoms with Crippen molar-refractivity contribution in [3.63, 3.8) is 0 Å². The van der Waals surface area contributed by atoms with E-state index in [9.17, 15) is 0 Å². The van der Waals surface area contributed by atoms with Gasteiger partial charge in [0.1, 0.15) is 11.6 Å². The summed E-state index contributed by atoms with van der Waals surface area (Å²) in [6.45, 7) is 1.85. The summed E-state index contributed by atoms with van der Waals surface area (Å²) >= 11 is 3.56. The molecule has 0 saturated heterocycles. The lowest BCUT2D eigenvalue weighted by atomic mass is 10.2. The molecule has 2 N–H and O–H groups in total. The molecule has 0 aliphatic heterocycles. The molecular formula is C17H13BrN6. The summed E-state index contributed by atoms with van der Waals surface area (Å²) in [6.07, 6.45) is 0. The molecule has 2 aromatic carbocycles. The van der Waals surface area contributed by atoms with Gasteiger partial charge in [-0.3, -0.25) is 5.10 Å². The van der Waals surface area contributed by atoms with Crippen molar-refractivity contribution < 1.29 is 0 Å². The number of aromatic amines is 1. The Hall–Kier alpha value is -2.80. The number of aromatic nitrogens is 5. The first-order valence-electron chi connectivity index (χ1n) is 7.38. The summed E-state index contributed by atoms with van der Waals surface area (Å²) in [5, 5.41) is 11.0. The summed E-state index contributed by atoms with van der Waals surface area (Å²) in [5.74, 6) is 2.53. The zero-order valence-corrected chi connectivity index (χ0v) is 14.4. The summed E-state index contributed by atoms with van der Waals surface area (Å²) in [6, 6.07) is 15.7. The molecule has 0 bridgehead atoms. The maximum absolute atomic E-state index is 4.69. The molecule has 24 heavy (non-hydrogen) atoms. The molecule has 4 aromatic rings. The minimum atomic E-state index is 0.481. The molecule has 6 nitrogen and oxygen atoms in total. The second-order valence-corrected chi connectivity index (χ2v) is 6.12. The van der Waals surface area contributed by atoms with E-state index in [4.69, 9.17) is 4.98 Å². The van der Waals surface area contributed by atoms with Gasteiger partial charge in [0.2, 0.25) is 5.95 Å². The summed E-state index contributed by atoms with van der Waals surface area (Å²) < 4.78 is 0.944. The van der Waals surface area contributed by atoms with Gasteiger partial charge < -0.3 is 5.32 Å². The van der Waals surface area contributed by atoms with Crippen LogP contribution in [0.25, 0.3) is 22.3 Å². The molecule has 118 valence electrons. The number of anilines is 2. The van der Waals surface area contributed by atoms with Crippen LogP contribution in [0.1, 0.15) is 5.82 Å². The SMILES string of the molecule is Cc1nc(Nc2nc(-c3ccccc3Br)nc3ccccc23)n[nH]1. The van der Waals surface area contributed by atoms with Gasteiger partial charge in [0.25, 0.3) is 0 Å². The highest BCUT2D eigenvalue weighted by Crippen LogP contribution is 2.30. The van der Waals surface area contributed by atoms with Crippen molar-refractivity contribution in [2.75, 3.05) is 5.32 Å². The Morgan fingerprint density at radius 2 is 1.75 bits per heavy atom. The third kappa shape index (κ3) is 2.74. The molecular weight excluding hydrogens is 368 g/mol. The summed E-state index contributed by atoms with van der Waals surface area (Å²) in [5.41, 5.74) is 1.78. The van der Waals surface area contributed by atoms with E-state index in [1.165, 1.54) is 0 Å². The van der Waals surface area contributed by atoms with Gasteiger partial charge >= 0.3 is 0 Å². The van der Waals surface area contributed by atoms with Gasteiger partial charge in [0, 0.05) is 15.4 Å². The van der Waals surface area contributed by atoms with E-state index in [0.29, 0.717) is 17.6 Å². The van der Waals surface area contributed by atoms with Gasteiger partial charge in [-0.1, -0.05) is 46.3 Å². The van der Waals surface area contributed by atoms with E-state index in [0.717, 1.165) is 26.8 Å². The molecule has 2 aromatic heterocycles. The fourth-order valence-corrected chi connectivity index (χ4v) is 2.90. The third-order valence-electron chi connectivity index (χ3n) is 3.55. The predicted octanol–water partition coefficient (Wildman–Crippen LogP) is 4.23. The molecule has 0 atom stereocenters. The second-order valence-electron chi connectivity index (χ2n) is 5.26. The molecule has 2 heterocycles. The first-order chi connectivity index (χ1) is 11.7. The van der Waals surface area contributed by atoms with Crippen LogP contribution in [0.3, 0.4) is 0 Å². The van der Waals surface area contributed by atoms with Gasteiger partial charge in [-0.2, -0.15) is 4.98 Å². The predicted molar refractivity (Wildman–Crippen MR) is 97.1 cm³/mol. The minimum absolute atomic E-state index is 0.481. The highest BCUT2D eigenvalue weighted by atomic mass is 79.9. The van der Waals surface area contributed by atoms with Gasteiger partial charge in [-0.15, -0.1) is 5.10 Å². The lowest BCUT2D eigenvalue weighted by molar-refractivity contribution is 1.04. The number of H-pyrrole nitrogens is 1. The third-order valence-corrected chi connectivity index (χ3v) is 4.24. The van der Waals surface area contributed by atoms with Crippen LogP contribution < -0.4 is 5.32 Å². The molecule has 0 aliphatic rings. The van der Waals surface area contributed by atoms with E-state index in [1.54, 1.807) is 0 Å². The number of rotatable bonds is 3. The van der Waals surface area contributed by atoms with Gasteiger partial charge in [0.05, 0.1) is 5.52 Å². The lowest BCUT2D eigenvalue weighted by Gasteiger charge is -2.09. The standard InChI is InChI=1S/C17H13BrN6/c1-10-19-17(24-23-10)22-16-12-7-3-5-9-14(12)20-15(21-16)11-6-2-4-8-13(11)18/h2-9H,1H3,(H2,19,20,21,22,23,24). The minimum Gasteiger partial charge on any atom is -0.307 e. The Labute approximate surface area is 146 Å². The quantitative estimate of drug-likeness (QED) is 0.555. The molecule has 0 unspecified atom stereocenters. The van der Waals surface area contributed by atoms with Crippen molar-refractivity contribution in [2.24, 2.45) is 0 Å². The normalized spacial score (nSPS) is 10.9. The Morgan fingerprint density at radius 1 is 0.958 bits per heavy atom. The second kappa shape index (κ2) is 6.01. The number of benzene rings is 2. The number of fused-ring (bicyclic) bond motifs is 1. The van der Waals surface area contributed by atoms with Gasteiger partial charge in [-0.05, 0) is 25.1 Å². The molecule has 0 radical (unpaired) electrons. The van der Waals surface area contributed by atoms with E-state index < -0.39 is 0 Å². The molecule has 4 rings (SSSR count). The molecule has 0 amide bonds. The highest BCUT2D eigenvalue weighted by Gasteiger charge is 2.12. The fraction of sp³-hybridized carbons (Fsp3) is 0.0588. The first kappa shape index (κ1) is 14.8. The van der Waals surface area contributed by atoms with Crippen molar-refractivity contribution in [2.45, 2.75) is 6.92 Å². The molecule has 0 fully saturated rings. The first-order valence-corrected chi connectivity index (χ1v) is 8.18. The van der Waals surface area contributed by atoms with E-state index >= 15 is 0 Å². The van der Waals surface area contributed by atoms with Crippen LogP contribution >= 0.6 is 15.9 Å². The van der Waals surface area contributed by atoms with Crippen LogP contribution in [-0.4, -0.2) is 25.1 Å². The fourth-order valence-electron chi connectivity index (χ4n) is 2.44. The maximum atomic E-state index is 4.69. The Bertz CT molecular complexity index is 1030. The summed E-state index contributed by atoms with van der Waals surface area (Å²) in [7, 11) is 0. The number of nitrogens with zero attached hydrogens (tertiary/aromatic N) is 4. The number of hydrogen-bond acceptors (Lipinski definition) is 5. The Morgan fingerprint density at radius 3 is 2.54 bits per heavy atom. The largest absolute Gasteiger partial charge is 0.307 e. The number of halogens is 1. The highest BCUT2D eigenvalue weighted by molar-refractivity contribution is 9.10. The van der Waals surface area contributed by atoms with Crippen molar-refractivity contribution in [3.05, 3.63) is 58.8 Å². The molecule has 7 heteroatoms. The number of para-hydroxylation sites is 1. The van der Waals surface area contributed by atoms with Crippen LogP contribution in [0.5, 0.6) is 0 Å². The number of hydrogen-bond donors (Lipinski definition) is 2. The van der Waals surface area contributed by atoms with Crippen molar-refractivity contribution in [1.82, 2.24) is 25.1 Å². The number of nitrogens with one attached hydrogen (secondary N) is 2. The van der Waals surface area contributed by atoms with Crippen LogP contribution in [0, 0.1) is 6.92 Å². The number of aryl methyl sites for hydroxylation is 1. The monoisotopic (exact) mass is 380 g/mol. The molecule has 0 aliphatic carbocycles. The van der Waals surface area contributed by atoms with E-state index in [-0.39, 0.29) is 0 Å². The van der Waals surface area contributed by atoms with Crippen molar-refractivity contribution in [1.29, 1.82) is 0 Å². The van der Waals surface area contributed by atoms with Gasteiger partial charge in [-0.25, -0.2) is 9.97 Å². The molecule has 0 spiro atoms. The van der Waals surface area contributed by atoms with Crippen LogP contribution in [0.2, 0.25) is 0 Å². The maximum Gasteiger partial charge on any atom is 0.247 e. The summed E-state index contributed by atoms with van der Waals surface area (Å²) in [4.78, 5) is 13.7. The van der Waals surface area contributed by atoms with Crippen molar-refractivity contribution in [3.8, 4) is 11.4 Å². The lowest BCUT2D eigenvalue weighted by Crippen LogP contribution is -2.00. The Kier molecular flexibility index (Phi) is 3.70. The van der Waals surface area contributed by atoms with Gasteiger partial charge in [0.15, 0.2) is 5.82 Å². The topological polar surface area (TPSA) is 79.4 Å². The van der Waals surface area contributed by atoms with Crippen LogP contribution in [0.15, 0.2) is 53.0 Å². The zero-order valence-electron chi connectivity index (χ0n) is 12.8. The average Bonchev–Trinajstić information content (AvgIpc) is 3.00. The average molecular weight is 381 g/mol. The molecule has 0 saturated carbocycles.